The molecule has 3 aromatic heterocycles. The van der Waals surface area contributed by atoms with Crippen molar-refractivity contribution in [3.63, 3.8) is 0 Å². The summed E-state index contributed by atoms with van der Waals surface area (Å²) in [6, 6.07) is 5.95. The van der Waals surface area contributed by atoms with E-state index in [1.165, 1.54) is 11.3 Å². The van der Waals surface area contributed by atoms with Gasteiger partial charge in [-0.15, -0.1) is 0 Å². The van der Waals surface area contributed by atoms with Crippen LogP contribution in [0.3, 0.4) is 0 Å². The van der Waals surface area contributed by atoms with Gasteiger partial charge in [-0.1, -0.05) is 17.4 Å². The van der Waals surface area contributed by atoms with Crippen LogP contribution in [0.1, 0.15) is 36.9 Å². The molecule has 0 aromatic carbocycles. The van der Waals surface area contributed by atoms with Crippen LogP contribution in [0.2, 0.25) is 0 Å². The number of carbonyl (C=O) groups excluding carboxylic acids is 1. The highest BCUT2D eigenvalue weighted by atomic mass is 32.1. The summed E-state index contributed by atoms with van der Waals surface area (Å²) in [5.41, 5.74) is 1.66. The fourth-order valence-electron chi connectivity index (χ4n) is 4.27. The zero-order valence-electron chi connectivity index (χ0n) is 18.7. The molecular weight excluding hydrogens is 444 g/mol. The number of thiazole rings is 1. The second-order valence-electron chi connectivity index (χ2n) is 8.20. The maximum Gasteiger partial charge on any atom is 0.321 e. The third-order valence-electron chi connectivity index (χ3n) is 5.87. The standard InChI is InChI=1S/C22H26N6O4S/c1-12-9-16-19(33-21(26-16)27-20(29)24-14-7-8-31-11-14)13(2)28(12)22-23-10-17(32-22)15-5-4-6-18(25-15)30-3/h4-6,10,12-14H,7-9,11H2,1-3H3,(H2,24,26,27,29)/t12-,13+,14-/m1/s1. The summed E-state index contributed by atoms with van der Waals surface area (Å²) in [5, 5.41) is 6.40. The van der Waals surface area contributed by atoms with E-state index in [1.54, 1.807) is 19.4 Å². The van der Waals surface area contributed by atoms with Crippen molar-refractivity contribution in [2.24, 2.45) is 0 Å². The summed E-state index contributed by atoms with van der Waals surface area (Å²) in [7, 11) is 1.58. The number of urea groups is 1. The normalized spacial score (nSPS) is 22.2. The number of nitrogens with zero attached hydrogens (tertiary/aromatic N) is 4. The van der Waals surface area contributed by atoms with Crippen LogP contribution in [0.25, 0.3) is 11.5 Å². The number of amides is 2. The van der Waals surface area contributed by atoms with Crippen molar-refractivity contribution in [2.45, 2.75) is 44.8 Å². The van der Waals surface area contributed by atoms with E-state index in [4.69, 9.17) is 13.9 Å². The van der Waals surface area contributed by atoms with E-state index in [2.05, 4.69) is 44.3 Å². The van der Waals surface area contributed by atoms with Gasteiger partial charge in [0.15, 0.2) is 10.9 Å². The number of fused-ring (bicyclic) bond motifs is 1. The predicted octanol–water partition coefficient (Wildman–Crippen LogP) is 3.62. The quantitative estimate of drug-likeness (QED) is 0.581. The van der Waals surface area contributed by atoms with Crippen molar-refractivity contribution >= 4 is 28.5 Å². The Kier molecular flexibility index (Phi) is 5.90. The number of nitrogens with one attached hydrogen (secondary N) is 2. The van der Waals surface area contributed by atoms with Crippen molar-refractivity contribution in [3.8, 4) is 17.3 Å². The topological polar surface area (TPSA) is 115 Å². The van der Waals surface area contributed by atoms with E-state index in [0.717, 1.165) is 23.4 Å². The molecule has 10 nitrogen and oxygen atoms in total. The highest BCUT2D eigenvalue weighted by Gasteiger charge is 2.35. The molecule has 2 aliphatic heterocycles. The Hall–Kier alpha value is -3.18. The van der Waals surface area contributed by atoms with Crippen molar-refractivity contribution in [1.82, 2.24) is 20.3 Å². The molecule has 2 N–H and O–H groups in total. The number of rotatable bonds is 5. The Labute approximate surface area is 195 Å². The molecule has 0 spiro atoms. The van der Waals surface area contributed by atoms with Crippen molar-refractivity contribution in [3.05, 3.63) is 35.0 Å². The summed E-state index contributed by atoms with van der Waals surface area (Å²) in [4.78, 5) is 29.2. The van der Waals surface area contributed by atoms with Crippen LogP contribution in [0.4, 0.5) is 15.9 Å². The fraction of sp³-hybridized carbons (Fsp3) is 0.455. The second-order valence-corrected chi connectivity index (χ2v) is 9.23. The summed E-state index contributed by atoms with van der Waals surface area (Å²) in [6.45, 7) is 5.44. The number of oxazole rings is 1. The van der Waals surface area contributed by atoms with Crippen molar-refractivity contribution in [1.29, 1.82) is 0 Å². The number of ether oxygens (including phenoxy) is 2. The van der Waals surface area contributed by atoms with E-state index >= 15 is 0 Å². The number of hydrogen-bond donors (Lipinski definition) is 2. The zero-order valence-corrected chi connectivity index (χ0v) is 19.5. The van der Waals surface area contributed by atoms with Crippen LogP contribution in [-0.4, -0.2) is 53.4 Å². The van der Waals surface area contributed by atoms with Gasteiger partial charge in [-0.25, -0.2) is 19.7 Å². The van der Waals surface area contributed by atoms with Gasteiger partial charge in [-0.05, 0) is 26.3 Å². The van der Waals surface area contributed by atoms with Gasteiger partial charge in [0, 0.05) is 25.1 Å². The molecule has 3 atom stereocenters. The molecule has 0 bridgehead atoms. The van der Waals surface area contributed by atoms with Crippen molar-refractivity contribution < 1.29 is 18.7 Å². The summed E-state index contributed by atoms with van der Waals surface area (Å²) < 4.78 is 16.6. The second kappa shape index (κ2) is 8.99. The molecule has 0 radical (unpaired) electrons. The molecule has 0 aliphatic carbocycles. The van der Waals surface area contributed by atoms with Gasteiger partial charge >= 0.3 is 6.03 Å². The van der Waals surface area contributed by atoms with E-state index in [0.29, 0.717) is 41.7 Å². The van der Waals surface area contributed by atoms with Gasteiger partial charge in [0.2, 0.25) is 5.88 Å². The highest BCUT2D eigenvalue weighted by Crippen LogP contribution is 2.41. The van der Waals surface area contributed by atoms with Gasteiger partial charge in [0.25, 0.3) is 6.01 Å². The first-order valence-corrected chi connectivity index (χ1v) is 11.7. The number of methoxy groups -OCH3 is 1. The van der Waals surface area contributed by atoms with Gasteiger partial charge in [0.1, 0.15) is 5.69 Å². The first-order chi connectivity index (χ1) is 16.0. The average Bonchev–Trinajstić information content (AvgIpc) is 3.55. The molecule has 5 heterocycles. The molecule has 2 amide bonds. The Balaban J connectivity index is 1.33. The molecular formula is C22H26N6O4S. The number of hydrogen-bond acceptors (Lipinski definition) is 9. The first kappa shape index (κ1) is 21.7. The number of anilines is 2. The van der Waals surface area contributed by atoms with E-state index < -0.39 is 0 Å². The van der Waals surface area contributed by atoms with Gasteiger partial charge in [0.05, 0.1) is 42.6 Å². The smallest absolute Gasteiger partial charge is 0.321 e. The maximum atomic E-state index is 12.3. The summed E-state index contributed by atoms with van der Waals surface area (Å²) in [5.74, 6) is 1.09. The molecule has 5 rings (SSSR count). The largest absolute Gasteiger partial charge is 0.481 e. The lowest BCUT2D eigenvalue weighted by Crippen LogP contribution is -2.40. The lowest BCUT2D eigenvalue weighted by atomic mass is 10.0. The molecule has 33 heavy (non-hydrogen) atoms. The maximum absolute atomic E-state index is 12.3. The van der Waals surface area contributed by atoms with Crippen LogP contribution in [-0.2, 0) is 11.2 Å². The number of carbonyl (C=O) groups is 1. The minimum absolute atomic E-state index is 0.00661. The minimum Gasteiger partial charge on any atom is -0.481 e. The predicted molar refractivity (Wildman–Crippen MR) is 124 cm³/mol. The first-order valence-electron chi connectivity index (χ1n) is 10.9. The average molecular weight is 471 g/mol. The molecule has 3 aromatic rings. The zero-order chi connectivity index (χ0) is 22.9. The Morgan fingerprint density at radius 3 is 2.97 bits per heavy atom. The minimum atomic E-state index is -0.253. The fourth-order valence-corrected chi connectivity index (χ4v) is 5.30. The van der Waals surface area contributed by atoms with Crippen LogP contribution in [0.15, 0.2) is 28.8 Å². The molecule has 1 saturated heterocycles. The Bertz CT molecular complexity index is 1140. The molecule has 11 heteroatoms. The van der Waals surface area contributed by atoms with Crippen LogP contribution in [0.5, 0.6) is 5.88 Å². The summed E-state index contributed by atoms with van der Waals surface area (Å²) in [6.07, 6.45) is 3.24. The lowest BCUT2D eigenvalue weighted by molar-refractivity contribution is 0.189. The van der Waals surface area contributed by atoms with Crippen LogP contribution < -0.4 is 20.3 Å². The molecule has 1 fully saturated rings. The Morgan fingerprint density at radius 1 is 1.30 bits per heavy atom. The third-order valence-corrected chi connectivity index (χ3v) is 7.06. The lowest BCUT2D eigenvalue weighted by Gasteiger charge is -2.36. The van der Waals surface area contributed by atoms with Gasteiger partial charge in [-0.2, -0.15) is 0 Å². The van der Waals surface area contributed by atoms with Crippen molar-refractivity contribution in [2.75, 3.05) is 30.5 Å². The van der Waals surface area contributed by atoms with E-state index in [1.807, 2.05) is 12.1 Å². The molecule has 0 unspecified atom stereocenters. The monoisotopic (exact) mass is 470 g/mol. The van der Waals surface area contributed by atoms with Crippen LogP contribution in [0, 0.1) is 0 Å². The SMILES string of the molecule is COc1cccc(-c2cnc(N3[C@H](C)Cc4nc(NC(=O)N[C@@H]5CCOC5)sc4[C@@H]3C)o2)n1. The van der Waals surface area contributed by atoms with Gasteiger partial charge < -0.3 is 24.1 Å². The number of pyridine rings is 1. The van der Waals surface area contributed by atoms with Crippen LogP contribution >= 0.6 is 11.3 Å². The van der Waals surface area contributed by atoms with E-state index in [9.17, 15) is 4.79 Å². The third kappa shape index (κ3) is 4.38. The van der Waals surface area contributed by atoms with E-state index in [-0.39, 0.29) is 24.2 Å². The Morgan fingerprint density at radius 2 is 2.18 bits per heavy atom. The number of aromatic nitrogens is 3. The summed E-state index contributed by atoms with van der Waals surface area (Å²) >= 11 is 1.48. The molecule has 2 aliphatic rings. The van der Waals surface area contributed by atoms with Gasteiger partial charge in [-0.3, -0.25) is 5.32 Å². The highest BCUT2D eigenvalue weighted by molar-refractivity contribution is 7.16. The molecule has 174 valence electrons. The molecule has 0 saturated carbocycles.